The Hall–Kier alpha value is -6.23. The minimum absolute atomic E-state index is 0.101. The Morgan fingerprint density at radius 2 is 1.33 bits per heavy atom. The molecule has 0 bridgehead atoms. The molecule has 1 aliphatic rings. The number of esters is 2. The van der Waals surface area contributed by atoms with Gasteiger partial charge in [0.25, 0.3) is 0 Å². The van der Waals surface area contributed by atoms with E-state index in [-0.39, 0.29) is 22.3 Å². The highest BCUT2D eigenvalue weighted by Gasteiger charge is 2.51. The topological polar surface area (TPSA) is 223 Å². The van der Waals surface area contributed by atoms with Crippen molar-refractivity contribution in [1.82, 2.24) is 0 Å². The van der Waals surface area contributed by atoms with Crippen molar-refractivity contribution in [3.63, 3.8) is 0 Å². The molecule has 1 saturated heterocycles. The third kappa shape index (κ3) is 6.96. The average Bonchev–Trinajstić information content (AvgIpc) is 3.09. The highest BCUT2D eigenvalue weighted by atomic mass is 19.1. The van der Waals surface area contributed by atoms with Crippen LogP contribution in [0, 0.1) is 11.6 Å². The molecule has 0 saturated carbocycles. The highest BCUT2D eigenvalue weighted by Crippen LogP contribution is 2.40. The summed E-state index contributed by atoms with van der Waals surface area (Å²) in [5.74, 6) is -7.38. The fourth-order valence-corrected chi connectivity index (χ4v) is 5.30. The summed E-state index contributed by atoms with van der Waals surface area (Å²) in [5, 5.41) is 61.5. The summed E-state index contributed by atoms with van der Waals surface area (Å²) < 4.78 is 55.9. The van der Waals surface area contributed by atoms with Crippen LogP contribution in [0.2, 0.25) is 0 Å². The van der Waals surface area contributed by atoms with Crippen molar-refractivity contribution in [2.45, 2.75) is 30.7 Å². The van der Waals surface area contributed by atoms with Crippen LogP contribution in [0.15, 0.2) is 88.1 Å². The van der Waals surface area contributed by atoms with E-state index in [1.54, 1.807) is 0 Å². The second kappa shape index (κ2) is 13.9. The molecule has 6 N–H and O–H groups in total. The quantitative estimate of drug-likeness (QED) is 0.100. The number of hydrogen-bond donors (Lipinski definition) is 6. The van der Waals surface area contributed by atoms with Gasteiger partial charge in [-0.1, -0.05) is 0 Å². The standard InChI is InChI=1S/C35H26F2O14/c36-18-6-1-15(2-7-18)33(45)49-30-27(43)25(14-38)48-35(32(30)50-34(46)16-3-8-19(37)9-4-16)51-31-28(44)26-23(42)12-20(39)13-24(26)47-29(31)17-5-10-21(40)22(41)11-17/h1-13,25,27,30,32,35,38-43H,14H2/t25-,27-,30+,32-,35+/m1/s1. The molecule has 14 nitrogen and oxygen atoms in total. The van der Waals surface area contributed by atoms with Gasteiger partial charge in [0.05, 0.1) is 17.7 Å². The molecule has 0 radical (unpaired) electrons. The van der Waals surface area contributed by atoms with E-state index < -0.39 is 106 Å². The summed E-state index contributed by atoms with van der Waals surface area (Å²) in [6.07, 6.45) is -9.47. The van der Waals surface area contributed by atoms with Gasteiger partial charge in [0, 0.05) is 17.7 Å². The molecule has 0 spiro atoms. The van der Waals surface area contributed by atoms with Crippen LogP contribution in [0.5, 0.6) is 28.7 Å². The van der Waals surface area contributed by atoms with Crippen LogP contribution < -0.4 is 10.2 Å². The first-order chi connectivity index (χ1) is 24.3. The van der Waals surface area contributed by atoms with E-state index in [9.17, 15) is 53.8 Å². The predicted octanol–water partition coefficient (Wildman–Crippen LogP) is 3.47. The van der Waals surface area contributed by atoms with Gasteiger partial charge < -0.3 is 54.0 Å². The summed E-state index contributed by atoms with van der Waals surface area (Å²) in [6, 6.07) is 13.2. The number of rotatable bonds is 8. The SMILES string of the molecule is O=C(O[C@H]1[C@H](Oc2c(-c3ccc(O)c(O)c3)oc3cc(O)cc(O)c3c2=O)O[C@H](CO)[C@@H](O)[C@@H]1OC(=O)c1ccc(F)cc1)c1ccc(F)cc1. The Labute approximate surface area is 284 Å². The van der Waals surface area contributed by atoms with Crippen molar-refractivity contribution in [2.75, 3.05) is 6.61 Å². The van der Waals surface area contributed by atoms with Crippen LogP contribution in [0.1, 0.15) is 20.7 Å². The number of aliphatic hydroxyl groups excluding tert-OH is 2. The third-order valence-corrected chi connectivity index (χ3v) is 7.83. The van der Waals surface area contributed by atoms with E-state index in [0.717, 1.165) is 72.8 Å². The first kappa shape index (κ1) is 34.6. The number of halogens is 2. The van der Waals surface area contributed by atoms with E-state index >= 15 is 0 Å². The minimum Gasteiger partial charge on any atom is -0.508 e. The van der Waals surface area contributed by atoms with Gasteiger partial charge in [0.2, 0.25) is 23.6 Å². The van der Waals surface area contributed by atoms with E-state index in [1.165, 1.54) is 6.07 Å². The Kier molecular flexibility index (Phi) is 9.47. The molecule has 16 heteroatoms. The maximum Gasteiger partial charge on any atom is 0.338 e. The maximum absolute atomic E-state index is 14.0. The molecule has 6 rings (SSSR count). The lowest BCUT2D eigenvalue weighted by Crippen LogP contribution is -2.62. The molecule has 51 heavy (non-hydrogen) atoms. The summed E-state index contributed by atoms with van der Waals surface area (Å²) in [5.41, 5.74) is -1.97. The molecule has 5 atom stereocenters. The molecule has 4 aromatic carbocycles. The molecule has 1 fully saturated rings. The molecular formula is C35H26F2O14. The van der Waals surface area contributed by atoms with E-state index in [2.05, 4.69) is 0 Å². The number of phenolic OH excluding ortho intramolecular Hbond substituents is 4. The fourth-order valence-electron chi connectivity index (χ4n) is 5.30. The van der Waals surface area contributed by atoms with E-state index in [1.807, 2.05) is 0 Å². The lowest BCUT2D eigenvalue weighted by Gasteiger charge is -2.42. The zero-order chi connectivity index (χ0) is 36.6. The van der Waals surface area contributed by atoms with Gasteiger partial charge >= 0.3 is 11.9 Å². The highest BCUT2D eigenvalue weighted by molar-refractivity contribution is 5.91. The minimum atomic E-state index is -2.04. The van der Waals surface area contributed by atoms with Crippen molar-refractivity contribution < 1.29 is 72.4 Å². The molecule has 0 aliphatic carbocycles. The third-order valence-electron chi connectivity index (χ3n) is 7.83. The predicted molar refractivity (Wildman–Crippen MR) is 168 cm³/mol. The Balaban J connectivity index is 1.49. The van der Waals surface area contributed by atoms with Gasteiger partial charge in [0.1, 0.15) is 46.3 Å². The molecule has 0 amide bonds. The normalized spacial score (nSPS) is 20.1. The zero-order valence-electron chi connectivity index (χ0n) is 25.8. The number of hydrogen-bond acceptors (Lipinski definition) is 14. The smallest absolute Gasteiger partial charge is 0.338 e. The van der Waals surface area contributed by atoms with Crippen molar-refractivity contribution in [2.24, 2.45) is 0 Å². The largest absolute Gasteiger partial charge is 0.508 e. The Bertz CT molecular complexity index is 2170. The van der Waals surface area contributed by atoms with Gasteiger partial charge in [-0.2, -0.15) is 0 Å². The van der Waals surface area contributed by atoms with E-state index in [4.69, 9.17) is 23.4 Å². The molecular weight excluding hydrogens is 682 g/mol. The molecule has 2 heterocycles. The monoisotopic (exact) mass is 708 g/mol. The van der Waals surface area contributed by atoms with Crippen molar-refractivity contribution in [3.05, 3.63) is 112 Å². The number of carbonyl (C=O) groups excluding carboxylic acids is 2. The molecule has 5 aromatic rings. The Morgan fingerprint density at radius 3 is 1.90 bits per heavy atom. The summed E-state index contributed by atoms with van der Waals surface area (Å²) in [4.78, 5) is 40.5. The van der Waals surface area contributed by atoms with Crippen LogP contribution in [0.25, 0.3) is 22.3 Å². The van der Waals surface area contributed by atoms with Crippen LogP contribution >= 0.6 is 0 Å². The van der Waals surface area contributed by atoms with Crippen LogP contribution in [0.3, 0.4) is 0 Å². The van der Waals surface area contributed by atoms with Gasteiger partial charge in [0.15, 0.2) is 23.4 Å². The molecule has 0 unspecified atom stereocenters. The van der Waals surface area contributed by atoms with Gasteiger partial charge in [-0.15, -0.1) is 0 Å². The second-order valence-electron chi connectivity index (χ2n) is 11.2. The number of benzene rings is 4. The zero-order valence-corrected chi connectivity index (χ0v) is 25.8. The van der Waals surface area contributed by atoms with Crippen LogP contribution in [0.4, 0.5) is 8.78 Å². The lowest BCUT2D eigenvalue weighted by atomic mass is 9.98. The average molecular weight is 709 g/mol. The van der Waals surface area contributed by atoms with Crippen LogP contribution in [-0.2, 0) is 14.2 Å². The number of phenols is 4. The maximum atomic E-state index is 14.0. The van der Waals surface area contributed by atoms with Crippen molar-refractivity contribution in [1.29, 1.82) is 0 Å². The van der Waals surface area contributed by atoms with Crippen molar-refractivity contribution >= 4 is 22.9 Å². The number of ether oxygens (including phenoxy) is 4. The first-order valence-electron chi connectivity index (χ1n) is 14.9. The van der Waals surface area contributed by atoms with Gasteiger partial charge in [-0.3, -0.25) is 4.79 Å². The van der Waals surface area contributed by atoms with E-state index in [0.29, 0.717) is 0 Å². The number of carbonyl (C=O) groups is 2. The van der Waals surface area contributed by atoms with Gasteiger partial charge in [-0.25, -0.2) is 18.4 Å². The molecule has 264 valence electrons. The lowest BCUT2D eigenvalue weighted by molar-refractivity contribution is -0.276. The van der Waals surface area contributed by atoms with Gasteiger partial charge in [-0.05, 0) is 66.7 Å². The number of aliphatic hydroxyl groups is 2. The summed E-state index contributed by atoms with van der Waals surface area (Å²) in [7, 11) is 0. The Morgan fingerprint density at radius 1 is 0.745 bits per heavy atom. The van der Waals surface area contributed by atoms with Crippen LogP contribution in [-0.4, -0.2) is 79.9 Å². The molecule has 1 aliphatic heterocycles. The second-order valence-corrected chi connectivity index (χ2v) is 11.2. The number of aromatic hydroxyl groups is 4. The summed E-state index contributed by atoms with van der Waals surface area (Å²) >= 11 is 0. The first-order valence-corrected chi connectivity index (χ1v) is 14.9. The van der Waals surface area contributed by atoms with Crippen molar-refractivity contribution in [3.8, 4) is 40.1 Å². The fraction of sp³-hybridized carbons (Fsp3) is 0.171. The summed E-state index contributed by atoms with van der Waals surface area (Å²) in [6.45, 7) is -0.935. The molecule has 1 aromatic heterocycles. The number of fused-ring (bicyclic) bond motifs is 1.